The molecule has 7 heteroatoms. The number of halogens is 1. The Hall–Kier alpha value is -2.12. The van der Waals surface area contributed by atoms with Gasteiger partial charge in [-0.25, -0.2) is 10.4 Å². The molecule has 2 N–H and O–H groups in total. The fourth-order valence-electron chi connectivity index (χ4n) is 2.09. The SMILES string of the molecule is C/C(=N\NC(=O)CSc1nc2ccccc2[nH]1)c1cccc(Br)c1. The number of para-hydroxylation sites is 2. The van der Waals surface area contributed by atoms with Crippen LogP contribution in [0.4, 0.5) is 0 Å². The maximum atomic E-state index is 11.9. The summed E-state index contributed by atoms with van der Waals surface area (Å²) in [6, 6.07) is 15.5. The van der Waals surface area contributed by atoms with Gasteiger partial charge in [0.1, 0.15) is 0 Å². The van der Waals surface area contributed by atoms with E-state index >= 15 is 0 Å². The van der Waals surface area contributed by atoms with E-state index in [1.54, 1.807) is 0 Å². The number of hydrogen-bond donors (Lipinski definition) is 2. The molecule has 3 rings (SSSR count). The summed E-state index contributed by atoms with van der Waals surface area (Å²) in [4.78, 5) is 19.5. The Labute approximate surface area is 152 Å². The zero-order valence-corrected chi connectivity index (χ0v) is 15.3. The molecular formula is C17H15BrN4OS. The Morgan fingerprint density at radius 1 is 1.29 bits per heavy atom. The predicted octanol–water partition coefficient (Wildman–Crippen LogP) is 3.96. The first-order chi connectivity index (χ1) is 11.6. The summed E-state index contributed by atoms with van der Waals surface area (Å²) >= 11 is 4.77. The van der Waals surface area contributed by atoms with Crippen LogP contribution in [0, 0.1) is 0 Å². The molecule has 0 fully saturated rings. The molecule has 0 radical (unpaired) electrons. The van der Waals surface area contributed by atoms with Crippen molar-refractivity contribution < 1.29 is 4.79 Å². The molecule has 1 heterocycles. The Bertz CT molecular complexity index is 873. The number of aromatic nitrogens is 2. The fraction of sp³-hybridized carbons (Fsp3) is 0.118. The molecular weight excluding hydrogens is 388 g/mol. The standard InChI is InChI=1S/C17H15BrN4OS/c1-11(12-5-4-6-13(18)9-12)21-22-16(23)10-24-17-19-14-7-2-3-8-15(14)20-17/h2-9H,10H2,1H3,(H,19,20)(H,22,23)/b21-11+. The van der Waals surface area contributed by atoms with Crippen LogP contribution < -0.4 is 5.43 Å². The first-order valence-electron chi connectivity index (χ1n) is 7.28. The molecule has 1 amide bonds. The van der Waals surface area contributed by atoms with Crippen LogP contribution in [-0.2, 0) is 4.79 Å². The molecule has 0 saturated heterocycles. The second-order valence-electron chi connectivity index (χ2n) is 5.09. The van der Waals surface area contributed by atoms with E-state index in [0.717, 1.165) is 31.9 Å². The van der Waals surface area contributed by atoms with Crippen LogP contribution in [0.5, 0.6) is 0 Å². The van der Waals surface area contributed by atoms with Crippen molar-refractivity contribution in [2.45, 2.75) is 12.1 Å². The molecule has 0 bridgehead atoms. The number of hydrogen-bond acceptors (Lipinski definition) is 4. The predicted molar refractivity (Wildman–Crippen MR) is 101 cm³/mol. The number of H-pyrrole nitrogens is 1. The van der Waals surface area contributed by atoms with Gasteiger partial charge in [0.05, 0.1) is 22.5 Å². The molecule has 0 unspecified atom stereocenters. The Morgan fingerprint density at radius 2 is 2.12 bits per heavy atom. The van der Waals surface area contributed by atoms with Crippen LogP contribution in [0.1, 0.15) is 12.5 Å². The number of benzene rings is 2. The summed E-state index contributed by atoms with van der Waals surface area (Å²) in [6.07, 6.45) is 0. The Morgan fingerprint density at radius 3 is 2.92 bits per heavy atom. The van der Waals surface area contributed by atoms with E-state index in [2.05, 4.69) is 36.4 Å². The molecule has 2 aromatic carbocycles. The van der Waals surface area contributed by atoms with Gasteiger partial charge >= 0.3 is 0 Å². The molecule has 0 saturated carbocycles. The number of thioether (sulfide) groups is 1. The molecule has 0 spiro atoms. The van der Waals surface area contributed by atoms with Gasteiger partial charge in [0.15, 0.2) is 5.16 Å². The van der Waals surface area contributed by atoms with E-state index < -0.39 is 0 Å². The van der Waals surface area contributed by atoms with Crippen molar-refractivity contribution in [1.29, 1.82) is 0 Å². The van der Waals surface area contributed by atoms with Gasteiger partial charge in [-0.3, -0.25) is 4.79 Å². The minimum absolute atomic E-state index is 0.171. The molecule has 24 heavy (non-hydrogen) atoms. The molecule has 5 nitrogen and oxygen atoms in total. The number of imidazole rings is 1. The molecule has 0 aliphatic carbocycles. The second-order valence-corrected chi connectivity index (χ2v) is 6.97. The highest BCUT2D eigenvalue weighted by Crippen LogP contribution is 2.18. The van der Waals surface area contributed by atoms with Gasteiger partial charge in [0, 0.05) is 4.47 Å². The molecule has 0 aliphatic heterocycles. The monoisotopic (exact) mass is 402 g/mol. The van der Waals surface area contributed by atoms with E-state index in [-0.39, 0.29) is 11.7 Å². The number of hydrazone groups is 1. The lowest BCUT2D eigenvalue weighted by molar-refractivity contribution is -0.118. The lowest BCUT2D eigenvalue weighted by atomic mass is 10.1. The molecule has 122 valence electrons. The maximum absolute atomic E-state index is 11.9. The van der Waals surface area contributed by atoms with Crippen LogP contribution in [0.3, 0.4) is 0 Å². The normalized spacial score (nSPS) is 11.7. The van der Waals surface area contributed by atoms with E-state index in [0.29, 0.717) is 0 Å². The fourth-order valence-corrected chi connectivity index (χ4v) is 3.16. The summed E-state index contributed by atoms with van der Waals surface area (Å²) in [6.45, 7) is 1.86. The zero-order chi connectivity index (χ0) is 16.9. The van der Waals surface area contributed by atoms with Crippen LogP contribution in [-0.4, -0.2) is 27.3 Å². The number of carbonyl (C=O) groups excluding carboxylic acids is 1. The molecule has 0 aliphatic rings. The van der Waals surface area contributed by atoms with Crippen molar-refractivity contribution >= 4 is 50.3 Å². The Balaban J connectivity index is 1.56. The maximum Gasteiger partial charge on any atom is 0.250 e. The minimum Gasteiger partial charge on any atom is -0.333 e. The van der Waals surface area contributed by atoms with Gasteiger partial charge in [0.25, 0.3) is 5.91 Å². The van der Waals surface area contributed by atoms with Gasteiger partial charge in [0.2, 0.25) is 0 Å². The highest BCUT2D eigenvalue weighted by Gasteiger charge is 2.07. The van der Waals surface area contributed by atoms with Crippen molar-refractivity contribution in [1.82, 2.24) is 15.4 Å². The summed E-state index contributed by atoms with van der Waals surface area (Å²) in [5.41, 5.74) is 6.13. The summed E-state index contributed by atoms with van der Waals surface area (Å²) < 4.78 is 0.973. The average Bonchev–Trinajstić information content (AvgIpc) is 3.00. The zero-order valence-electron chi connectivity index (χ0n) is 12.9. The first-order valence-corrected chi connectivity index (χ1v) is 9.06. The number of amides is 1. The van der Waals surface area contributed by atoms with Crippen LogP contribution in [0.2, 0.25) is 0 Å². The number of nitrogens with one attached hydrogen (secondary N) is 2. The van der Waals surface area contributed by atoms with Crippen LogP contribution >= 0.6 is 27.7 Å². The summed E-state index contributed by atoms with van der Waals surface area (Å²) in [5, 5.41) is 4.86. The number of fused-ring (bicyclic) bond motifs is 1. The van der Waals surface area contributed by atoms with Gasteiger partial charge in [-0.2, -0.15) is 5.10 Å². The minimum atomic E-state index is -0.171. The quantitative estimate of drug-likeness (QED) is 0.385. The number of rotatable bonds is 5. The van der Waals surface area contributed by atoms with Crippen molar-refractivity contribution in [3.63, 3.8) is 0 Å². The van der Waals surface area contributed by atoms with Crippen molar-refractivity contribution in [2.75, 3.05) is 5.75 Å². The van der Waals surface area contributed by atoms with Gasteiger partial charge in [-0.05, 0) is 36.8 Å². The Kier molecular flexibility index (Phi) is 5.32. The number of carbonyl (C=O) groups is 1. The lowest BCUT2D eigenvalue weighted by Crippen LogP contribution is -2.21. The van der Waals surface area contributed by atoms with Gasteiger partial charge in [-0.1, -0.05) is 52.0 Å². The van der Waals surface area contributed by atoms with E-state index in [1.165, 1.54) is 11.8 Å². The van der Waals surface area contributed by atoms with Gasteiger partial charge < -0.3 is 4.98 Å². The summed E-state index contributed by atoms with van der Waals surface area (Å²) in [7, 11) is 0. The summed E-state index contributed by atoms with van der Waals surface area (Å²) in [5.74, 6) is 0.0736. The third kappa shape index (κ3) is 4.24. The first kappa shape index (κ1) is 16.7. The van der Waals surface area contributed by atoms with E-state index in [9.17, 15) is 4.79 Å². The third-order valence-corrected chi connectivity index (χ3v) is 4.66. The number of aromatic amines is 1. The second kappa shape index (κ2) is 7.63. The molecule has 3 aromatic rings. The van der Waals surface area contributed by atoms with Crippen molar-refractivity contribution in [3.8, 4) is 0 Å². The highest BCUT2D eigenvalue weighted by atomic mass is 79.9. The third-order valence-electron chi connectivity index (χ3n) is 3.30. The number of nitrogens with zero attached hydrogens (tertiary/aromatic N) is 2. The topological polar surface area (TPSA) is 70.1 Å². The molecule has 0 atom stereocenters. The highest BCUT2D eigenvalue weighted by molar-refractivity contribution is 9.10. The smallest absolute Gasteiger partial charge is 0.250 e. The van der Waals surface area contributed by atoms with Crippen molar-refractivity contribution in [2.24, 2.45) is 5.10 Å². The lowest BCUT2D eigenvalue weighted by Gasteiger charge is -2.03. The average molecular weight is 403 g/mol. The van der Waals surface area contributed by atoms with E-state index in [1.807, 2.05) is 55.5 Å². The largest absolute Gasteiger partial charge is 0.333 e. The van der Waals surface area contributed by atoms with Gasteiger partial charge in [-0.15, -0.1) is 0 Å². The van der Waals surface area contributed by atoms with Crippen LogP contribution in [0.25, 0.3) is 11.0 Å². The van der Waals surface area contributed by atoms with E-state index in [4.69, 9.17) is 0 Å². The van der Waals surface area contributed by atoms with Crippen molar-refractivity contribution in [3.05, 3.63) is 58.6 Å². The molecule has 1 aromatic heterocycles. The van der Waals surface area contributed by atoms with Crippen LogP contribution in [0.15, 0.2) is 63.3 Å².